The summed E-state index contributed by atoms with van der Waals surface area (Å²) in [7, 11) is -2.44. The second-order valence-corrected chi connectivity index (χ2v) is 8.89. The third kappa shape index (κ3) is 5.19. The van der Waals surface area contributed by atoms with Crippen molar-refractivity contribution in [3.63, 3.8) is 0 Å². The number of primary amides is 1. The van der Waals surface area contributed by atoms with E-state index in [-0.39, 0.29) is 21.0 Å². The third-order valence-corrected chi connectivity index (χ3v) is 6.41. The van der Waals surface area contributed by atoms with Crippen LogP contribution in [0.5, 0.6) is 5.75 Å². The lowest BCUT2D eigenvalue weighted by atomic mass is 10.1. The molecule has 0 fully saturated rings. The molecule has 3 rings (SSSR count). The number of rotatable bonds is 7. The van der Waals surface area contributed by atoms with Crippen molar-refractivity contribution in [1.29, 1.82) is 0 Å². The lowest BCUT2D eigenvalue weighted by Crippen LogP contribution is -2.17. The topological polar surface area (TPSA) is 128 Å². The number of benzene rings is 3. The van der Waals surface area contributed by atoms with E-state index in [0.717, 1.165) is 0 Å². The van der Waals surface area contributed by atoms with Crippen LogP contribution in [0.3, 0.4) is 0 Å². The van der Waals surface area contributed by atoms with Gasteiger partial charge in [0.05, 0.1) is 22.6 Å². The highest BCUT2D eigenvalue weighted by Gasteiger charge is 2.20. The summed E-state index contributed by atoms with van der Waals surface area (Å²) in [6.07, 6.45) is 0. The van der Waals surface area contributed by atoms with Gasteiger partial charge in [0, 0.05) is 16.9 Å². The number of hydrogen-bond acceptors (Lipinski definition) is 5. The fourth-order valence-electron chi connectivity index (χ4n) is 2.90. The van der Waals surface area contributed by atoms with Gasteiger partial charge < -0.3 is 15.8 Å². The van der Waals surface area contributed by atoms with Crippen LogP contribution in [-0.4, -0.2) is 27.3 Å². The van der Waals surface area contributed by atoms with Crippen molar-refractivity contribution in [2.45, 2.75) is 11.8 Å². The maximum absolute atomic E-state index is 12.9. The van der Waals surface area contributed by atoms with Gasteiger partial charge in [-0.1, -0.05) is 17.7 Å². The molecule has 0 saturated heterocycles. The largest absolute Gasteiger partial charge is 0.497 e. The number of carbonyl (C=O) groups excluding carboxylic acids is 2. The number of amides is 2. The predicted octanol–water partition coefficient (Wildman–Crippen LogP) is 3.81. The minimum atomic E-state index is -3.96. The monoisotopic (exact) mass is 473 g/mol. The van der Waals surface area contributed by atoms with Crippen molar-refractivity contribution in [2.24, 2.45) is 5.73 Å². The van der Waals surface area contributed by atoms with Crippen molar-refractivity contribution >= 4 is 44.8 Å². The zero-order valence-corrected chi connectivity index (χ0v) is 18.8. The van der Waals surface area contributed by atoms with Crippen molar-refractivity contribution < 1.29 is 22.7 Å². The van der Waals surface area contributed by atoms with E-state index in [1.165, 1.54) is 37.4 Å². The molecule has 0 unspecified atom stereocenters. The SMILES string of the molecule is COc1ccc(NS(=O)(=O)c2cc(C(=O)Nc3ccc(C(N)=O)c(Cl)c3)ccc2C)cc1. The molecular weight excluding hydrogens is 454 g/mol. The van der Waals surface area contributed by atoms with Crippen LogP contribution in [0.2, 0.25) is 5.02 Å². The average Bonchev–Trinajstić information content (AvgIpc) is 2.74. The lowest BCUT2D eigenvalue weighted by Gasteiger charge is -2.13. The minimum absolute atomic E-state index is 0.0388. The van der Waals surface area contributed by atoms with Crippen LogP contribution >= 0.6 is 11.6 Å². The van der Waals surface area contributed by atoms with Gasteiger partial charge in [0.25, 0.3) is 15.9 Å². The Bertz CT molecular complexity index is 1290. The molecule has 8 nitrogen and oxygen atoms in total. The average molecular weight is 474 g/mol. The molecule has 0 saturated carbocycles. The number of ether oxygens (including phenoxy) is 1. The molecule has 0 heterocycles. The fraction of sp³-hybridized carbons (Fsp3) is 0.0909. The standard InChI is InChI=1S/C22H20ClN3O5S/c1-13-3-4-14(22(28)25-16-7-10-18(21(24)27)19(23)12-16)11-20(13)32(29,30)26-15-5-8-17(31-2)9-6-15/h3-12,26H,1-2H3,(H2,24,27)(H,25,28). The van der Waals surface area contributed by atoms with Gasteiger partial charge in [-0.3, -0.25) is 14.3 Å². The quantitative estimate of drug-likeness (QED) is 0.480. The maximum Gasteiger partial charge on any atom is 0.262 e. The first-order chi connectivity index (χ1) is 15.1. The number of aryl methyl sites for hydroxylation is 1. The predicted molar refractivity (Wildman–Crippen MR) is 123 cm³/mol. The molecular formula is C22H20ClN3O5S. The van der Waals surface area contributed by atoms with Gasteiger partial charge in [0.2, 0.25) is 5.91 Å². The van der Waals surface area contributed by atoms with E-state index >= 15 is 0 Å². The molecule has 0 aliphatic heterocycles. The molecule has 3 aromatic carbocycles. The van der Waals surface area contributed by atoms with Crippen LogP contribution in [0.1, 0.15) is 26.3 Å². The Balaban J connectivity index is 1.84. The molecule has 166 valence electrons. The van der Waals surface area contributed by atoms with Crippen LogP contribution in [0.15, 0.2) is 65.6 Å². The summed E-state index contributed by atoms with van der Waals surface area (Å²) in [6, 6.07) is 15.0. The molecule has 0 atom stereocenters. The minimum Gasteiger partial charge on any atom is -0.497 e. The first kappa shape index (κ1) is 23.1. The molecule has 0 aliphatic carbocycles. The van der Waals surface area contributed by atoms with Crippen LogP contribution in [-0.2, 0) is 10.0 Å². The Morgan fingerprint density at radius 1 is 0.969 bits per heavy atom. The number of halogens is 1. The summed E-state index contributed by atoms with van der Waals surface area (Å²) in [6.45, 7) is 1.63. The highest BCUT2D eigenvalue weighted by Crippen LogP contribution is 2.24. The van der Waals surface area contributed by atoms with Crippen LogP contribution < -0.4 is 20.5 Å². The van der Waals surface area contributed by atoms with Gasteiger partial charge in [-0.25, -0.2) is 8.42 Å². The third-order valence-electron chi connectivity index (χ3n) is 4.57. The molecule has 10 heteroatoms. The molecule has 32 heavy (non-hydrogen) atoms. The zero-order valence-electron chi connectivity index (χ0n) is 17.2. The highest BCUT2D eigenvalue weighted by atomic mass is 35.5. The number of nitrogens with one attached hydrogen (secondary N) is 2. The molecule has 4 N–H and O–H groups in total. The molecule has 0 aliphatic rings. The molecule has 0 aromatic heterocycles. The van der Waals surface area contributed by atoms with Crippen LogP contribution in [0, 0.1) is 6.92 Å². The summed E-state index contributed by atoms with van der Waals surface area (Å²) < 4.78 is 33.4. The van der Waals surface area contributed by atoms with Gasteiger partial charge in [0.15, 0.2) is 0 Å². The van der Waals surface area contributed by atoms with Crippen LogP contribution in [0.25, 0.3) is 0 Å². The van der Waals surface area contributed by atoms with Gasteiger partial charge in [-0.15, -0.1) is 0 Å². The Kier molecular flexibility index (Phi) is 6.71. The van der Waals surface area contributed by atoms with Crippen molar-refractivity contribution in [3.05, 3.63) is 82.4 Å². The van der Waals surface area contributed by atoms with Crippen LogP contribution in [0.4, 0.5) is 11.4 Å². The summed E-state index contributed by atoms with van der Waals surface area (Å²) in [5.74, 6) is -0.647. The molecule has 0 bridgehead atoms. The van der Waals surface area contributed by atoms with E-state index in [2.05, 4.69) is 10.0 Å². The lowest BCUT2D eigenvalue weighted by molar-refractivity contribution is 0.0998. The maximum atomic E-state index is 12.9. The smallest absolute Gasteiger partial charge is 0.262 e. The number of nitrogens with two attached hydrogens (primary N) is 1. The second kappa shape index (κ2) is 9.29. The van der Waals surface area contributed by atoms with Crippen molar-refractivity contribution in [2.75, 3.05) is 17.1 Å². The van der Waals surface area contributed by atoms with E-state index in [1.807, 2.05) is 0 Å². The first-order valence-electron chi connectivity index (χ1n) is 9.29. The Morgan fingerprint density at radius 3 is 2.22 bits per heavy atom. The number of anilines is 2. The summed E-state index contributed by atoms with van der Waals surface area (Å²) in [5.41, 5.74) is 6.61. The second-order valence-electron chi connectivity index (χ2n) is 6.83. The summed E-state index contributed by atoms with van der Waals surface area (Å²) >= 11 is 6.01. The number of sulfonamides is 1. The fourth-order valence-corrected chi connectivity index (χ4v) is 4.50. The highest BCUT2D eigenvalue weighted by molar-refractivity contribution is 7.92. The van der Waals surface area contributed by atoms with Crippen molar-refractivity contribution in [1.82, 2.24) is 0 Å². The molecule has 2 amide bonds. The molecule has 3 aromatic rings. The number of hydrogen-bond donors (Lipinski definition) is 3. The first-order valence-corrected chi connectivity index (χ1v) is 11.1. The summed E-state index contributed by atoms with van der Waals surface area (Å²) in [5, 5.41) is 2.71. The number of carbonyl (C=O) groups is 2. The van der Waals surface area contributed by atoms with E-state index in [1.54, 1.807) is 37.3 Å². The normalized spacial score (nSPS) is 11.0. The van der Waals surface area contributed by atoms with E-state index in [4.69, 9.17) is 22.1 Å². The van der Waals surface area contributed by atoms with Gasteiger partial charge in [-0.05, 0) is 67.1 Å². The van der Waals surface area contributed by atoms with Gasteiger partial charge >= 0.3 is 0 Å². The zero-order chi connectivity index (χ0) is 23.5. The van der Waals surface area contributed by atoms with Gasteiger partial charge in [0.1, 0.15) is 5.75 Å². The summed E-state index contributed by atoms with van der Waals surface area (Å²) in [4.78, 5) is 23.9. The number of methoxy groups -OCH3 is 1. The van der Waals surface area contributed by atoms with E-state index in [0.29, 0.717) is 22.7 Å². The molecule has 0 radical (unpaired) electrons. The van der Waals surface area contributed by atoms with Gasteiger partial charge in [-0.2, -0.15) is 0 Å². The Hall–Kier alpha value is -3.56. The van der Waals surface area contributed by atoms with Crippen molar-refractivity contribution in [3.8, 4) is 5.75 Å². The Labute approximate surface area is 190 Å². The van der Waals surface area contributed by atoms with E-state index in [9.17, 15) is 18.0 Å². The van der Waals surface area contributed by atoms with E-state index < -0.39 is 21.8 Å². The molecule has 0 spiro atoms. The Morgan fingerprint density at radius 2 is 1.62 bits per heavy atom.